The van der Waals surface area contributed by atoms with E-state index in [9.17, 15) is 0 Å². The zero-order valence-corrected chi connectivity index (χ0v) is 12.4. The number of hydrogen-bond acceptors (Lipinski definition) is 2. The fraction of sp³-hybridized carbons (Fsp3) is 0.214. The molecule has 0 aliphatic rings. The smallest absolute Gasteiger partial charge is 0.0570 e. The van der Waals surface area contributed by atoms with Gasteiger partial charge in [-0.2, -0.15) is 0 Å². The van der Waals surface area contributed by atoms with Crippen molar-refractivity contribution in [1.82, 2.24) is 10.3 Å². The summed E-state index contributed by atoms with van der Waals surface area (Å²) in [6.07, 6.45) is 1.81. The summed E-state index contributed by atoms with van der Waals surface area (Å²) in [7, 11) is 0. The van der Waals surface area contributed by atoms with Gasteiger partial charge in [-0.1, -0.05) is 23.7 Å². The molecule has 2 nitrogen and oxygen atoms in total. The molecule has 1 heterocycles. The summed E-state index contributed by atoms with van der Waals surface area (Å²) in [6, 6.07) is 12.1. The molecule has 0 radical (unpaired) electrons. The molecule has 0 aliphatic heterocycles. The minimum Gasteiger partial charge on any atom is -0.305 e. The van der Waals surface area contributed by atoms with Crippen molar-refractivity contribution in [2.75, 3.05) is 0 Å². The monoisotopic (exact) mass is 324 g/mol. The molecule has 0 aliphatic carbocycles. The fourth-order valence-electron chi connectivity index (χ4n) is 1.66. The van der Waals surface area contributed by atoms with E-state index in [-0.39, 0.29) is 6.04 Å². The third-order valence-corrected chi connectivity index (χ3v) is 3.94. The Morgan fingerprint density at radius 2 is 2.17 bits per heavy atom. The first-order chi connectivity index (χ1) is 8.66. The van der Waals surface area contributed by atoms with Crippen LogP contribution in [0.25, 0.3) is 0 Å². The van der Waals surface area contributed by atoms with Gasteiger partial charge >= 0.3 is 0 Å². The lowest BCUT2D eigenvalue weighted by molar-refractivity contribution is 0.561. The van der Waals surface area contributed by atoms with Crippen LogP contribution in [-0.2, 0) is 6.54 Å². The highest BCUT2D eigenvalue weighted by Gasteiger charge is 2.06. The third-order valence-electron chi connectivity index (χ3n) is 2.73. The van der Waals surface area contributed by atoms with Crippen molar-refractivity contribution in [1.29, 1.82) is 0 Å². The van der Waals surface area contributed by atoms with E-state index < -0.39 is 0 Å². The maximum atomic E-state index is 5.96. The summed E-state index contributed by atoms with van der Waals surface area (Å²) < 4.78 is 0.925. The average molecular weight is 326 g/mol. The fourth-order valence-corrected chi connectivity index (χ4v) is 2.20. The lowest BCUT2D eigenvalue weighted by atomic mass is 10.2. The first-order valence-electron chi connectivity index (χ1n) is 5.75. The Balaban J connectivity index is 1.97. The molecule has 0 unspecified atom stereocenters. The second-order valence-electron chi connectivity index (χ2n) is 4.11. The minimum atomic E-state index is 0.223. The molecule has 94 valence electrons. The molecule has 0 saturated carbocycles. The van der Waals surface area contributed by atoms with Crippen LogP contribution >= 0.6 is 27.5 Å². The van der Waals surface area contributed by atoms with Crippen LogP contribution in [0, 0.1) is 0 Å². The zero-order valence-electron chi connectivity index (χ0n) is 10.0. The van der Waals surface area contributed by atoms with Gasteiger partial charge in [0, 0.05) is 23.3 Å². The molecule has 1 aromatic carbocycles. The number of rotatable bonds is 4. The topological polar surface area (TPSA) is 24.9 Å². The molecule has 18 heavy (non-hydrogen) atoms. The van der Waals surface area contributed by atoms with Gasteiger partial charge in [0.2, 0.25) is 0 Å². The Labute approximate surface area is 121 Å². The highest BCUT2D eigenvalue weighted by Crippen LogP contribution is 2.23. The Morgan fingerprint density at radius 1 is 1.33 bits per heavy atom. The highest BCUT2D eigenvalue weighted by atomic mass is 79.9. The number of halogens is 2. The van der Waals surface area contributed by atoms with Gasteiger partial charge in [-0.15, -0.1) is 0 Å². The lowest BCUT2D eigenvalue weighted by Gasteiger charge is -2.13. The molecule has 0 amide bonds. The van der Waals surface area contributed by atoms with Crippen LogP contribution in [0.5, 0.6) is 0 Å². The number of nitrogens with one attached hydrogen (secondary N) is 1. The summed E-state index contributed by atoms with van der Waals surface area (Å²) in [4.78, 5) is 4.33. The Morgan fingerprint density at radius 3 is 2.83 bits per heavy atom. The van der Waals surface area contributed by atoms with E-state index in [1.807, 2.05) is 42.6 Å². The van der Waals surface area contributed by atoms with Gasteiger partial charge in [-0.25, -0.2) is 0 Å². The molecular weight excluding hydrogens is 312 g/mol. The summed E-state index contributed by atoms with van der Waals surface area (Å²) in [5.74, 6) is 0. The number of aromatic nitrogens is 1. The van der Waals surface area contributed by atoms with Crippen LogP contribution in [0.2, 0.25) is 5.02 Å². The highest BCUT2D eigenvalue weighted by molar-refractivity contribution is 9.10. The summed E-state index contributed by atoms with van der Waals surface area (Å²) in [5, 5.41) is 4.17. The molecule has 2 aromatic rings. The Hall–Kier alpha value is -0.900. The van der Waals surface area contributed by atoms with E-state index in [0.717, 1.165) is 21.7 Å². The van der Waals surface area contributed by atoms with Crippen LogP contribution in [-0.4, -0.2) is 4.98 Å². The maximum Gasteiger partial charge on any atom is 0.0570 e. The quantitative estimate of drug-likeness (QED) is 0.904. The summed E-state index contributed by atoms with van der Waals surface area (Å²) in [6.45, 7) is 2.89. The SMILES string of the molecule is C[C@H](NCc1ccc(Cl)c(Br)c1)c1ccccn1. The summed E-state index contributed by atoms with van der Waals surface area (Å²) >= 11 is 9.39. The van der Waals surface area contributed by atoms with Crippen molar-refractivity contribution in [3.05, 3.63) is 63.3 Å². The summed E-state index contributed by atoms with van der Waals surface area (Å²) in [5.41, 5.74) is 2.24. The zero-order chi connectivity index (χ0) is 13.0. The molecule has 1 N–H and O–H groups in total. The molecule has 1 atom stereocenters. The Kier molecular flexibility index (Phi) is 4.75. The van der Waals surface area contributed by atoms with Gasteiger partial charge < -0.3 is 5.32 Å². The first-order valence-corrected chi connectivity index (χ1v) is 6.92. The van der Waals surface area contributed by atoms with Crippen LogP contribution in [0.1, 0.15) is 24.2 Å². The van der Waals surface area contributed by atoms with Gasteiger partial charge in [0.05, 0.1) is 10.7 Å². The molecule has 0 spiro atoms. The molecule has 0 bridgehead atoms. The second-order valence-corrected chi connectivity index (χ2v) is 5.37. The average Bonchev–Trinajstić information content (AvgIpc) is 2.41. The standard InChI is InChI=1S/C14H14BrClN2/c1-10(14-4-2-3-7-17-14)18-9-11-5-6-13(16)12(15)8-11/h2-8,10,18H,9H2,1H3/t10-/m0/s1. The van der Waals surface area contributed by atoms with Crippen molar-refractivity contribution < 1.29 is 0 Å². The van der Waals surface area contributed by atoms with Gasteiger partial charge in [0.25, 0.3) is 0 Å². The molecule has 0 fully saturated rings. The predicted molar refractivity (Wildman–Crippen MR) is 78.6 cm³/mol. The molecule has 1 aromatic heterocycles. The third kappa shape index (κ3) is 3.55. The largest absolute Gasteiger partial charge is 0.305 e. The number of benzene rings is 1. The van der Waals surface area contributed by atoms with Crippen LogP contribution in [0.15, 0.2) is 47.1 Å². The van der Waals surface area contributed by atoms with Crippen molar-refractivity contribution >= 4 is 27.5 Å². The predicted octanol–water partition coefficient (Wildman–Crippen LogP) is 4.35. The van der Waals surface area contributed by atoms with E-state index >= 15 is 0 Å². The van der Waals surface area contributed by atoms with E-state index in [1.165, 1.54) is 5.56 Å². The molecule has 4 heteroatoms. The van der Waals surface area contributed by atoms with Crippen molar-refractivity contribution in [2.24, 2.45) is 0 Å². The molecule has 2 rings (SSSR count). The second kappa shape index (κ2) is 6.32. The van der Waals surface area contributed by atoms with Crippen LogP contribution < -0.4 is 5.32 Å². The van der Waals surface area contributed by atoms with Gasteiger partial charge in [-0.05, 0) is 52.7 Å². The van der Waals surface area contributed by atoms with Crippen molar-refractivity contribution in [3.8, 4) is 0 Å². The Bertz CT molecular complexity index is 516. The molecule has 0 saturated heterocycles. The number of nitrogens with zero attached hydrogens (tertiary/aromatic N) is 1. The van der Waals surface area contributed by atoms with Crippen LogP contribution in [0.3, 0.4) is 0 Å². The van der Waals surface area contributed by atoms with Crippen molar-refractivity contribution in [3.63, 3.8) is 0 Å². The van der Waals surface area contributed by atoms with Gasteiger partial charge in [0.1, 0.15) is 0 Å². The van der Waals surface area contributed by atoms with Crippen molar-refractivity contribution in [2.45, 2.75) is 19.5 Å². The normalized spacial score (nSPS) is 12.4. The van der Waals surface area contributed by atoms with E-state index in [2.05, 4.69) is 33.2 Å². The minimum absolute atomic E-state index is 0.223. The van der Waals surface area contributed by atoms with Crippen LogP contribution in [0.4, 0.5) is 0 Å². The van der Waals surface area contributed by atoms with Gasteiger partial charge in [0.15, 0.2) is 0 Å². The van der Waals surface area contributed by atoms with E-state index in [1.54, 1.807) is 0 Å². The maximum absolute atomic E-state index is 5.96. The number of pyridine rings is 1. The van der Waals surface area contributed by atoms with E-state index in [0.29, 0.717) is 0 Å². The first kappa shape index (κ1) is 13.5. The van der Waals surface area contributed by atoms with E-state index in [4.69, 9.17) is 11.6 Å². The lowest BCUT2D eigenvalue weighted by Crippen LogP contribution is -2.18. The van der Waals surface area contributed by atoms with Gasteiger partial charge in [-0.3, -0.25) is 4.98 Å². The molecular formula is C14H14BrClN2. The number of hydrogen-bond donors (Lipinski definition) is 1.